The SMILES string of the molecule is CCNC(=NCCc1nc(-c2ccc(Cl)cc2)no1)NC1CCN(CC(N)=O)CC1. The lowest BCUT2D eigenvalue weighted by atomic mass is 10.1. The fourth-order valence-electron chi connectivity index (χ4n) is 3.31. The summed E-state index contributed by atoms with van der Waals surface area (Å²) in [5.41, 5.74) is 6.13. The molecule has 2 aromatic rings. The third-order valence-electron chi connectivity index (χ3n) is 4.82. The topological polar surface area (TPSA) is 122 Å². The van der Waals surface area contributed by atoms with Crippen LogP contribution >= 0.6 is 11.6 Å². The number of likely N-dealkylation sites (tertiary alicyclic amines) is 1. The van der Waals surface area contributed by atoms with Crippen molar-refractivity contribution in [3.63, 3.8) is 0 Å². The maximum atomic E-state index is 11.1. The maximum absolute atomic E-state index is 11.1. The smallest absolute Gasteiger partial charge is 0.231 e. The number of hydrogen-bond acceptors (Lipinski definition) is 6. The first-order valence-corrected chi connectivity index (χ1v) is 10.6. The first-order chi connectivity index (χ1) is 14.5. The van der Waals surface area contributed by atoms with Crippen molar-refractivity contribution in [3.05, 3.63) is 35.2 Å². The van der Waals surface area contributed by atoms with Gasteiger partial charge in [-0.25, -0.2) is 0 Å². The van der Waals surface area contributed by atoms with Crippen LogP contribution in [0.25, 0.3) is 11.4 Å². The number of guanidine groups is 1. The molecule has 0 spiro atoms. The van der Waals surface area contributed by atoms with Crippen LogP contribution in [0.4, 0.5) is 0 Å². The number of amides is 1. The van der Waals surface area contributed by atoms with Gasteiger partial charge in [0.05, 0.1) is 13.1 Å². The van der Waals surface area contributed by atoms with Crippen molar-refractivity contribution in [2.75, 3.05) is 32.7 Å². The fraction of sp³-hybridized carbons (Fsp3) is 0.500. The van der Waals surface area contributed by atoms with Gasteiger partial charge in [-0.15, -0.1) is 0 Å². The zero-order valence-corrected chi connectivity index (χ0v) is 17.9. The number of nitrogens with zero attached hydrogens (tertiary/aromatic N) is 4. The summed E-state index contributed by atoms with van der Waals surface area (Å²) in [5, 5.41) is 11.4. The molecule has 1 amide bonds. The van der Waals surface area contributed by atoms with Crippen LogP contribution in [0.3, 0.4) is 0 Å². The van der Waals surface area contributed by atoms with Crippen LogP contribution < -0.4 is 16.4 Å². The van der Waals surface area contributed by atoms with E-state index in [0.717, 1.165) is 44.0 Å². The summed E-state index contributed by atoms with van der Waals surface area (Å²) in [7, 11) is 0. The van der Waals surface area contributed by atoms with Crippen LogP contribution in [0.5, 0.6) is 0 Å². The normalized spacial score (nSPS) is 15.9. The number of benzene rings is 1. The van der Waals surface area contributed by atoms with Crippen LogP contribution in [-0.4, -0.2) is 65.7 Å². The number of primary amides is 1. The second-order valence-electron chi connectivity index (χ2n) is 7.19. The lowest BCUT2D eigenvalue weighted by molar-refractivity contribution is -0.119. The Hall–Kier alpha value is -2.65. The molecule has 2 heterocycles. The molecule has 1 aliphatic heterocycles. The number of nitrogens with one attached hydrogen (secondary N) is 2. The van der Waals surface area contributed by atoms with Crippen molar-refractivity contribution in [2.24, 2.45) is 10.7 Å². The number of carbonyl (C=O) groups is 1. The highest BCUT2D eigenvalue weighted by Crippen LogP contribution is 2.18. The Labute approximate surface area is 181 Å². The first-order valence-electron chi connectivity index (χ1n) is 10.2. The standard InChI is InChI=1S/C20H28ClN7O2/c1-2-23-20(25-16-8-11-28(12-9-16)13-17(22)29)24-10-7-18-26-19(27-30-18)14-3-5-15(21)6-4-14/h3-6,16H,2,7-13H2,1H3,(H2,22,29)(H2,23,24,25). The molecular formula is C20H28ClN7O2. The van der Waals surface area contributed by atoms with Gasteiger partial charge < -0.3 is 20.9 Å². The Kier molecular flexibility index (Phi) is 8.04. The number of carbonyl (C=O) groups excluding carboxylic acids is 1. The average Bonchev–Trinajstić information content (AvgIpc) is 3.18. The van der Waals surface area contributed by atoms with E-state index < -0.39 is 0 Å². The van der Waals surface area contributed by atoms with Gasteiger partial charge in [-0.1, -0.05) is 16.8 Å². The van der Waals surface area contributed by atoms with Gasteiger partial charge in [-0.05, 0) is 44.0 Å². The van der Waals surface area contributed by atoms with E-state index in [0.29, 0.717) is 42.3 Å². The fourth-order valence-corrected chi connectivity index (χ4v) is 3.43. The van der Waals surface area contributed by atoms with Gasteiger partial charge in [0.15, 0.2) is 5.96 Å². The van der Waals surface area contributed by atoms with E-state index in [2.05, 4.69) is 30.7 Å². The molecule has 1 saturated heterocycles. The molecule has 3 rings (SSSR count). The van der Waals surface area contributed by atoms with Crippen LogP contribution in [-0.2, 0) is 11.2 Å². The Balaban J connectivity index is 1.49. The number of piperidine rings is 1. The molecule has 4 N–H and O–H groups in total. The van der Waals surface area contributed by atoms with Gasteiger partial charge in [0, 0.05) is 42.7 Å². The number of aliphatic imine (C=N–C) groups is 1. The van der Waals surface area contributed by atoms with E-state index >= 15 is 0 Å². The number of rotatable bonds is 8. The minimum absolute atomic E-state index is 0.281. The highest BCUT2D eigenvalue weighted by atomic mass is 35.5. The Bertz CT molecular complexity index is 845. The summed E-state index contributed by atoms with van der Waals surface area (Å²) in [6.45, 7) is 5.34. The minimum Gasteiger partial charge on any atom is -0.369 e. The van der Waals surface area contributed by atoms with Crippen molar-refractivity contribution in [1.29, 1.82) is 0 Å². The highest BCUT2D eigenvalue weighted by molar-refractivity contribution is 6.30. The monoisotopic (exact) mass is 433 g/mol. The number of aromatic nitrogens is 2. The molecule has 162 valence electrons. The Morgan fingerprint density at radius 3 is 2.73 bits per heavy atom. The zero-order valence-electron chi connectivity index (χ0n) is 17.1. The molecule has 0 atom stereocenters. The third kappa shape index (κ3) is 6.70. The minimum atomic E-state index is -0.281. The van der Waals surface area contributed by atoms with Gasteiger partial charge in [0.25, 0.3) is 0 Å². The quantitative estimate of drug-likeness (QED) is 0.425. The highest BCUT2D eigenvalue weighted by Gasteiger charge is 2.20. The second kappa shape index (κ2) is 10.9. The number of hydrogen-bond donors (Lipinski definition) is 3. The van der Waals surface area contributed by atoms with Crippen LogP contribution in [0.15, 0.2) is 33.8 Å². The number of halogens is 1. The van der Waals surface area contributed by atoms with Gasteiger partial charge >= 0.3 is 0 Å². The largest absolute Gasteiger partial charge is 0.369 e. The van der Waals surface area contributed by atoms with E-state index in [4.69, 9.17) is 21.9 Å². The van der Waals surface area contributed by atoms with Crippen LogP contribution in [0, 0.1) is 0 Å². The molecule has 1 aromatic carbocycles. The summed E-state index contributed by atoms with van der Waals surface area (Å²) in [5.74, 6) is 1.57. The van der Waals surface area contributed by atoms with Gasteiger partial charge in [-0.3, -0.25) is 14.7 Å². The summed E-state index contributed by atoms with van der Waals surface area (Å²) in [6.07, 6.45) is 2.42. The van der Waals surface area contributed by atoms with Crippen LogP contribution in [0.2, 0.25) is 5.02 Å². The molecule has 0 unspecified atom stereocenters. The van der Waals surface area contributed by atoms with E-state index in [1.54, 1.807) is 12.1 Å². The molecule has 1 aliphatic rings. The predicted molar refractivity (Wildman–Crippen MR) is 116 cm³/mol. The Morgan fingerprint density at radius 1 is 1.33 bits per heavy atom. The summed E-state index contributed by atoms with van der Waals surface area (Å²) in [6, 6.07) is 7.62. The van der Waals surface area contributed by atoms with Crippen molar-refractivity contribution in [1.82, 2.24) is 25.7 Å². The molecule has 0 radical (unpaired) electrons. The van der Waals surface area contributed by atoms with Crippen molar-refractivity contribution < 1.29 is 9.32 Å². The molecule has 1 aromatic heterocycles. The van der Waals surface area contributed by atoms with Crippen molar-refractivity contribution >= 4 is 23.5 Å². The Morgan fingerprint density at radius 2 is 2.07 bits per heavy atom. The summed E-state index contributed by atoms with van der Waals surface area (Å²) >= 11 is 5.91. The number of nitrogens with two attached hydrogens (primary N) is 1. The molecular weight excluding hydrogens is 406 g/mol. The molecule has 0 bridgehead atoms. The van der Waals surface area contributed by atoms with Crippen molar-refractivity contribution in [2.45, 2.75) is 32.2 Å². The predicted octanol–water partition coefficient (Wildman–Crippen LogP) is 1.44. The molecule has 10 heteroatoms. The van der Waals surface area contributed by atoms with Gasteiger partial charge in [0.1, 0.15) is 0 Å². The van der Waals surface area contributed by atoms with Gasteiger partial charge in [0.2, 0.25) is 17.6 Å². The average molecular weight is 434 g/mol. The first kappa shape index (κ1) is 22.0. The lowest BCUT2D eigenvalue weighted by Crippen LogP contribution is -2.49. The van der Waals surface area contributed by atoms with Gasteiger partial charge in [-0.2, -0.15) is 4.98 Å². The molecule has 0 saturated carbocycles. The lowest BCUT2D eigenvalue weighted by Gasteiger charge is -2.32. The van der Waals surface area contributed by atoms with E-state index in [1.165, 1.54) is 0 Å². The summed E-state index contributed by atoms with van der Waals surface area (Å²) in [4.78, 5) is 22.2. The molecule has 30 heavy (non-hydrogen) atoms. The van der Waals surface area contributed by atoms with E-state index in [1.807, 2.05) is 19.1 Å². The summed E-state index contributed by atoms with van der Waals surface area (Å²) < 4.78 is 5.34. The maximum Gasteiger partial charge on any atom is 0.231 e. The zero-order chi connectivity index (χ0) is 21.3. The van der Waals surface area contributed by atoms with E-state index in [-0.39, 0.29) is 5.91 Å². The molecule has 1 fully saturated rings. The van der Waals surface area contributed by atoms with E-state index in [9.17, 15) is 4.79 Å². The second-order valence-corrected chi connectivity index (χ2v) is 7.63. The van der Waals surface area contributed by atoms with Crippen molar-refractivity contribution in [3.8, 4) is 11.4 Å². The van der Waals surface area contributed by atoms with Crippen LogP contribution in [0.1, 0.15) is 25.7 Å². The molecule has 9 nitrogen and oxygen atoms in total. The third-order valence-corrected chi connectivity index (χ3v) is 5.07. The molecule has 0 aliphatic carbocycles.